The van der Waals surface area contributed by atoms with Crippen LogP contribution in [0.15, 0.2) is 170 Å². The zero-order chi connectivity index (χ0) is 68.3. The Hall–Kier alpha value is -7.20. The van der Waals surface area contributed by atoms with Gasteiger partial charge in [-0.3, -0.25) is 0 Å². The molecule has 0 amide bonds. The fourth-order valence-electron chi connectivity index (χ4n) is 11.5. The van der Waals surface area contributed by atoms with Crippen LogP contribution in [0, 0.1) is 18.8 Å². The molecule has 3 heterocycles. The van der Waals surface area contributed by atoms with E-state index in [2.05, 4.69) is 129 Å². The van der Waals surface area contributed by atoms with Crippen LogP contribution in [0.1, 0.15) is 172 Å². The SMILES string of the molecule is [2H]c1c([2H])c(-c2cc(C(C)(C)C)cc(-c3c([2H])c([2H])c4c(c3[2H])C(C)(C)CCC4(C)C)c2N2[CH-]N(c3[c-]c(Oc4[c-]c5c(cc4)c4c([2H])c([2H])c([2H])c([2H])c4n5-c4cc(C(C)(C)C)ccn4)ccc3)c3ccccc32)c([2H])c([2H])c1-c1cc(C(C)(C)C)cc(C(C)(C)C)c1.[Pt]. The van der Waals surface area contributed by atoms with E-state index in [1.165, 1.54) is 0 Å². The number of ether oxygens (including phenoxy) is 1. The number of fused-ring (bicyclic) bond motifs is 5. The van der Waals surface area contributed by atoms with Crippen LogP contribution in [0.25, 0.3) is 61.0 Å². The van der Waals surface area contributed by atoms with Crippen molar-refractivity contribution in [1.29, 1.82) is 0 Å². The molecule has 8 aromatic carbocycles. The molecule has 6 heteroatoms. The molecule has 0 spiro atoms. The van der Waals surface area contributed by atoms with E-state index in [1.54, 1.807) is 29.0 Å². The number of para-hydroxylation sites is 3. The van der Waals surface area contributed by atoms with Gasteiger partial charge in [-0.2, -0.15) is 12.1 Å². The fraction of sp³-hybridized carbons (Fsp3) is 0.308. The summed E-state index contributed by atoms with van der Waals surface area (Å²) >= 11 is 0. The van der Waals surface area contributed by atoms with Gasteiger partial charge in [0.05, 0.1) is 15.1 Å². The molecule has 0 bridgehead atoms. The molecular weight excluding hydrogens is 1200 g/mol. The molecule has 0 saturated carbocycles. The van der Waals surface area contributed by atoms with Crippen LogP contribution in [-0.2, 0) is 53.6 Å². The van der Waals surface area contributed by atoms with Gasteiger partial charge in [-0.1, -0.05) is 207 Å². The Morgan fingerprint density at radius 1 is 0.524 bits per heavy atom. The summed E-state index contributed by atoms with van der Waals surface area (Å²) in [5, 5.41) is 0.867. The topological polar surface area (TPSA) is 33.5 Å². The largest absolute Gasteiger partial charge is 0.509 e. The van der Waals surface area contributed by atoms with E-state index in [0.717, 1.165) is 35.1 Å². The molecular formula is C78H81N4OPt-3. The predicted octanol–water partition coefficient (Wildman–Crippen LogP) is 21.5. The van der Waals surface area contributed by atoms with Crippen LogP contribution < -0.4 is 14.5 Å². The molecule has 0 saturated heterocycles. The smallest absolute Gasteiger partial charge is 0.135 e. The van der Waals surface area contributed by atoms with Crippen molar-refractivity contribution < 1.29 is 40.9 Å². The number of benzene rings is 8. The van der Waals surface area contributed by atoms with Crippen molar-refractivity contribution in [3.63, 3.8) is 0 Å². The molecule has 10 aromatic rings. The molecule has 12 rings (SSSR count). The van der Waals surface area contributed by atoms with Crippen LogP contribution >= 0.6 is 0 Å². The van der Waals surface area contributed by atoms with Crippen molar-refractivity contribution in [2.24, 2.45) is 0 Å². The molecule has 0 unspecified atom stereocenters. The maximum Gasteiger partial charge on any atom is 0.135 e. The molecule has 2 aromatic heterocycles. The van der Waals surface area contributed by atoms with Crippen molar-refractivity contribution in [1.82, 2.24) is 9.55 Å². The summed E-state index contributed by atoms with van der Waals surface area (Å²) in [7, 11) is 0. The minimum absolute atomic E-state index is 0. The predicted molar refractivity (Wildman–Crippen MR) is 351 cm³/mol. The monoisotopic (exact) mass is 1300 g/mol. The van der Waals surface area contributed by atoms with Gasteiger partial charge in [0.2, 0.25) is 0 Å². The molecule has 432 valence electrons. The molecule has 0 fully saturated rings. The number of rotatable bonds is 8. The van der Waals surface area contributed by atoms with Crippen molar-refractivity contribution >= 4 is 44.6 Å². The zero-order valence-electron chi connectivity index (χ0n) is 62.3. The standard InChI is InChI=1S/C78H81N4O.Pt/c1-73(2,3)54-36-39-79-71(46-54)82-67-25-18-17-24-61(67)62-34-33-60(48-70(62)82)83-59-23-21-22-58(47-59)80-49-81(69-27-20-19-26-68(69)80)72-63(51-30-28-50(29-31-51)53-40-55(74(4,5)6)43-56(41-53)75(7,8)9)44-57(76(10,11)12)45-64(72)52-32-35-65-66(42-52)78(15,16)38-37-77(65,13)14;/h17-36,39-46,49H,37-38H2,1-16H3;/q-3;/i17D,18D,24D,25D,28D,29D,30D,31D,32D,35D,42D;. The molecule has 0 atom stereocenters. The van der Waals surface area contributed by atoms with Crippen LogP contribution in [0.3, 0.4) is 0 Å². The first-order valence-electron chi connectivity index (χ1n) is 34.5. The first-order chi connectivity index (χ1) is 43.7. The molecule has 0 N–H and O–H groups in total. The summed E-state index contributed by atoms with van der Waals surface area (Å²) in [6.07, 6.45) is 3.23. The average molecular weight is 1300 g/mol. The summed E-state index contributed by atoms with van der Waals surface area (Å²) in [5.41, 5.74) is 7.42. The average Bonchev–Trinajstić information content (AvgIpc) is 1.63. The van der Waals surface area contributed by atoms with Gasteiger partial charge in [-0.05, 0) is 149 Å². The second-order valence-electron chi connectivity index (χ2n) is 28.1. The summed E-state index contributed by atoms with van der Waals surface area (Å²) in [5.74, 6) is 1.04. The van der Waals surface area contributed by atoms with Crippen molar-refractivity contribution in [3.8, 4) is 50.7 Å². The van der Waals surface area contributed by atoms with Gasteiger partial charge in [0.15, 0.2) is 0 Å². The van der Waals surface area contributed by atoms with Gasteiger partial charge in [0.25, 0.3) is 0 Å². The van der Waals surface area contributed by atoms with E-state index < -0.39 is 16.2 Å². The fourth-order valence-corrected chi connectivity index (χ4v) is 11.5. The third-order valence-electron chi connectivity index (χ3n) is 16.9. The Balaban J connectivity index is 0.00000919. The summed E-state index contributed by atoms with van der Waals surface area (Å²) in [4.78, 5) is 8.64. The number of hydrogen-bond donors (Lipinski definition) is 0. The molecule has 5 nitrogen and oxygen atoms in total. The normalized spacial score (nSPS) is 16.9. The Bertz CT molecular complexity index is 4770. The Kier molecular flexibility index (Phi) is 11.6. The minimum Gasteiger partial charge on any atom is -0.509 e. The Labute approximate surface area is 530 Å². The number of hydrogen-bond acceptors (Lipinski definition) is 4. The van der Waals surface area contributed by atoms with E-state index in [1.807, 2.05) is 89.3 Å². The van der Waals surface area contributed by atoms with Crippen LogP contribution in [0.2, 0.25) is 0 Å². The van der Waals surface area contributed by atoms with Gasteiger partial charge in [0.1, 0.15) is 5.82 Å². The van der Waals surface area contributed by atoms with Gasteiger partial charge >= 0.3 is 0 Å². The molecule has 1 aliphatic heterocycles. The van der Waals surface area contributed by atoms with E-state index in [4.69, 9.17) is 13.8 Å². The summed E-state index contributed by atoms with van der Waals surface area (Å²) in [6, 6.07) is 35.6. The van der Waals surface area contributed by atoms with Crippen LogP contribution in [0.5, 0.6) is 11.5 Å². The summed E-state index contributed by atoms with van der Waals surface area (Å²) < 4.78 is 115. The molecule has 1 aliphatic carbocycles. The van der Waals surface area contributed by atoms with Crippen molar-refractivity contribution in [2.45, 2.75) is 156 Å². The maximum atomic E-state index is 10.5. The van der Waals surface area contributed by atoms with E-state index in [9.17, 15) is 11.0 Å². The zero-order valence-corrected chi connectivity index (χ0v) is 53.6. The first-order valence-corrected chi connectivity index (χ1v) is 29.0. The van der Waals surface area contributed by atoms with E-state index in [0.29, 0.717) is 78.4 Å². The number of anilines is 4. The Morgan fingerprint density at radius 3 is 1.75 bits per heavy atom. The van der Waals surface area contributed by atoms with Crippen molar-refractivity contribution in [2.75, 3.05) is 9.80 Å². The Morgan fingerprint density at radius 2 is 1.10 bits per heavy atom. The maximum absolute atomic E-state index is 10.5. The third-order valence-corrected chi connectivity index (χ3v) is 16.9. The van der Waals surface area contributed by atoms with Crippen LogP contribution in [0.4, 0.5) is 22.7 Å². The van der Waals surface area contributed by atoms with Crippen molar-refractivity contribution in [3.05, 3.63) is 222 Å². The van der Waals surface area contributed by atoms with Gasteiger partial charge in [0, 0.05) is 72.5 Å². The molecule has 84 heavy (non-hydrogen) atoms. The number of pyridine rings is 1. The number of nitrogens with zero attached hydrogens (tertiary/aromatic N) is 4. The van der Waals surface area contributed by atoms with Crippen LogP contribution in [-0.4, -0.2) is 9.55 Å². The van der Waals surface area contributed by atoms with Gasteiger partial charge < -0.3 is 19.1 Å². The first kappa shape index (κ1) is 46.1. The molecule has 0 radical (unpaired) electrons. The quantitative estimate of drug-likeness (QED) is 0.142. The summed E-state index contributed by atoms with van der Waals surface area (Å²) in [6.45, 7) is 35.5. The molecule has 2 aliphatic rings. The van der Waals surface area contributed by atoms with Gasteiger partial charge in [-0.25, -0.2) is 4.98 Å². The second-order valence-corrected chi connectivity index (χ2v) is 28.1. The number of aromatic nitrogens is 2. The third kappa shape index (κ3) is 10.8. The second kappa shape index (κ2) is 21.1. The minimum atomic E-state index is -0.604. The van der Waals surface area contributed by atoms with E-state index >= 15 is 0 Å². The van der Waals surface area contributed by atoms with Gasteiger partial charge in [-0.15, -0.1) is 48.1 Å². The van der Waals surface area contributed by atoms with E-state index in [-0.39, 0.29) is 132 Å².